The maximum atomic E-state index is 10.9. The van der Waals surface area contributed by atoms with E-state index in [-0.39, 0.29) is 17.2 Å². The Balaban J connectivity index is 1.88. The van der Waals surface area contributed by atoms with Crippen LogP contribution in [0, 0.1) is 23.0 Å². The van der Waals surface area contributed by atoms with E-state index in [0.29, 0.717) is 24.1 Å². The average molecular weight is 278 g/mol. The lowest BCUT2D eigenvalue weighted by molar-refractivity contribution is -0.385. The first-order valence-corrected chi connectivity index (χ1v) is 7.18. The van der Waals surface area contributed by atoms with Gasteiger partial charge in [-0.05, 0) is 44.1 Å². The monoisotopic (exact) mass is 278 g/mol. The molecule has 5 nitrogen and oxygen atoms in total. The number of aliphatic hydroxyl groups is 1. The molecule has 1 aliphatic rings. The van der Waals surface area contributed by atoms with E-state index in [1.807, 2.05) is 6.07 Å². The van der Waals surface area contributed by atoms with Gasteiger partial charge in [0.1, 0.15) is 0 Å². The second-order valence-corrected chi connectivity index (χ2v) is 5.66. The van der Waals surface area contributed by atoms with Crippen LogP contribution in [0.2, 0.25) is 0 Å². The van der Waals surface area contributed by atoms with Gasteiger partial charge in [-0.3, -0.25) is 10.1 Å². The quantitative estimate of drug-likeness (QED) is 0.641. The fourth-order valence-electron chi connectivity index (χ4n) is 2.77. The Morgan fingerprint density at radius 3 is 2.65 bits per heavy atom. The predicted octanol–water partition coefficient (Wildman–Crippen LogP) is 2.54. The molecule has 2 N–H and O–H groups in total. The number of nitro groups is 1. The smallest absolute Gasteiger partial charge is 0.272 e. The average Bonchev–Trinajstić information content (AvgIpc) is 2.46. The van der Waals surface area contributed by atoms with Gasteiger partial charge in [-0.25, -0.2) is 0 Å². The molecule has 1 aliphatic carbocycles. The molecular weight excluding hydrogens is 256 g/mol. The van der Waals surface area contributed by atoms with E-state index in [0.717, 1.165) is 31.2 Å². The molecule has 0 bridgehead atoms. The number of rotatable bonds is 5. The van der Waals surface area contributed by atoms with Crippen LogP contribution in [0.1, 0.15) is 36.8 Å². The molecular formula is C15H22N2O3. The highest BCUT2D eigenvalue weighted by atomic mass is 16.6. The summed E-state index contributed by atoms with van der Waals surface area (Å²) in [5, 5.41) is 23.5. The minimum atomic E-state index is -0.328. The van der Waals surface area contributed by atoms with Gasteiger partial charge in [-0.1, -0.05) is 12.1 Å². The number of hydrogen-bond acceptors (Lipinski definition) is 4. The summed E-state index contributed by atoms with van der Waals surface area (Å²) in [4.78, 5) is 10.6. The number of nitro benzene ring substituents is 1. The van der Waals surface area contributed by atoms with Crippen molar-refractivity contribution in [2.75, 3.05) is 6.61 Å². The van der Waals surface area contributed by atoms with Crippen molar-refractivity contribution in [3.05, 3.63) is 39.4 Å². The van der Waals surface area contributed by atoms with Gasteiger partial charge in [0.05, 0.1) is 4.92 Å². The summed E-state index contributed by atoms with van der Waals surface area (Å²) < 4.78 is 0. The molecule has 20 heavy (non-hydrogen) atoms. The predicted molar refractivity (Wildman–Crippen MR) is 77.5 cm³/mol. The van der Waals surface area contributed by atoms with Crippen molar-refractivity contribution in [1.82, 2.24) is 5.32 Å². The maximum absolute atomic E-state index is 10.9. The SMILES string of the molecule is Cc1ccc(CNC2CCC(CO)CC2)cc1[N+](=O)[O-]. The fraction of sp³-hybridized carbons (Fsp3) is 0.600. The van der Waals surface area contributed by atoms with Crippen LogP contribution in [-0.2, 0) is 6.54 Å². The summed E-state index contributed by atoms with van der Waals surface area (Å²) >= 11 is 0. The van der Waals surface area contributed by atoms with E-state index in [1.165, 1.54) is 0 Å². The lowest BCUT2D eigenvalue weighted by Crippen LogP contribution is -2.33. The molecule has 0 amide bonds. The zero-order valence-electron chi connectivity index (χ0n) is 11.8. The lowest BCUT2D eigenvalue weighted by atomic mass is 9.86. The highest BCUT2D eigenvalue weighted by Gasteiger charge is 2.20. The summed E-state index contributed by atoms with van der Waals surface area (Å²) in [6, 6.07) is 5.85. The number of hydrogen-bond donors (Lipinski definition) is 2. The third-order valence-corrected chi connectivity index (χ3v) is 4.17. The number of nitrogens with zero attached hydrogens (tertiary/aromatic N) is 1. The molecule has 0 atom stereocenters. The van der Waals surface area contributed by atoms with Crippen LogP contribution in [0.25, 0.3) is 0 Å². The van der Waals surface area contributed by atoms with Crippen LogP contribution >= 0.6 is 0 Å². The van der Waals surface area contributed by atoms with Crippen LogP contribution in [0.15, 0.2) is 18.2 Å². The molecule has 0 heterocycles. The van der Waals surface area contributed by atoms with Gasteiger partial charge in [0, 0.05) is 30.8 Å². The van der Waals surface area contributed by atoms with Crippen molar-refractivity contribution >= 4 is 5.69 Å². The van der Waals surface area contributed by atoms with Crippen LogP contribution < -0.4 is 5.32 Å². The van der Waals surface area contributed by atoms with Crippen molar-refractivity contribution in [2.45, 2.75) is 45.2 Å². The number of benzene rings is 1. The molecule has 0 spiro atoms. The van der Waals surface area contributed by atoms with Gasteiger partial charge in [0.15, 0.2) is 0 Å². The van der Waals surface area contributed by atoms with Gasteiger partial charge in [-0.2, -0.15) is 0 Å². The zero-order chi connectivity index (χ0) is 14.5. The van der Waals surface area contributed by atoms with E-state index < -0.39 is 0 Å². The summed E-state index contributed by atoms with van der Waals surface area (Å²) in [5.41, 5.74) is 1.84. The van der Waals surface area contributed by atoms with Crippen molar-refractivity contribution < 1.29 is 10.0 Å². The third kappa shape index (κ3) is 3.77. The molecule has 2 rings (SSSR count). The molecule has 0 aliphatic heterocycles. The van der Waals surface area contributed by atoms with E-state index in [1.54, 1.807) is 19.1 Å². The topological polar surface area (TPSA) is 75.4 Å². The molecule has 1 fully saturated rings. The second-order valence-electron chi connectivity index (χ2n) is 5.66. The van der Waals surface area contributed by atoms with Crippen molar-refractivity contribution in [2.24, 2.45) is 5.92 Å². The Morgan fingerprint density at radius 2 is 2.05 bits per heavy atom. The largest absolute Gasteiger partial charge is 0.396 e. The summed E-state index contributed by atoms with van der Waals surface area (Å²) in [5.74, 6) is 0.452. The zero-order valence-corrected chi connectivity index (χ0v) is 11.8. The Morgan fingerprint density at radius 1 is 1.35 bits per heavy atom. The molecule has 0 saturated heterocycles. The standard InChI is InChI=1S/C15H22N2O3/c1-11-2-3-13(8-15(11)17(19)20)9-16-14-6-4-12(10-18)5-7-14/h2-3,8,12,14,16,18H,4-7,9-10H2,1H3. The van der Waals surface area contributed by atoms with E-state index in [9.17, 15) is 10.1 Å². The van der Waals surface area contributed by atoms with Gasteiger partial charge < -0.3 is 10.4 Å². The minimum absolute atomic E-state index is 0.188. The van der Waals surface area contributed by atoms with Crippen LogP contribution in [0.5, 0.6) is 0 Å². The van der Waals surface area contributed by atoms with Crippen LogP contribution in [0.4, 0.5) is 5.69 Å². The highest BCUT2D eigenvalue weighted by molar-refractivity contribution is 5.42. The highest BCUT2D eigenvalue weighted by Crippen LogP contribution is 2.24. The second kappa shape index (κ2) is 6.81. The van der Waals surface area contributed by atoms with Crippen molar-refractivity contribution in [3.63, 3.8) is 0 Å². The molecule has 5 heteroatoms. The number of aliphatic hydroxyl groups excluding tert-OH is 1. The number of aryl methyl sites for hydroxylation is 1. The Hall–Kier alpha value is -1.46. The van der Waals surface area contributed by atoms with E-state index >= 15 is 0 Å². The summed E-state index contributed by atoms with van der Waals surface area (Å²) in [6.07, 6.45) is 4.25. The van der Waals surface area contributed by atoms with Gasteiger partial charge >= 0.3 is 0 Å². The minimum Gasteiger partial charge on any atom is -0.396 e. The summed E-state index contributed by atoms with van der Waals surface area (Å²) in [7, 11) is 0. The first kappa shape index (κ1) is 14.9. The fourth-order valence-corrected chi connectivity index (χ4v) is 2.77. The number of nitrogens with one attached hydrogen (secondary N) is 1. The molecule has 1 aromatic carbocycles. The van der Waals surface area contributed by atoms with Crippen molar-refractivity contribution in [3.8, 4) is 0 Å². The first-order chi connectivity index (χ1) is 9.60. The molecule has 1 aromatic rings. The normalized spacial score (nSPS) is 22.7. The molecule has 0 unspecified atom stereocenters. The third-order valence-electron chi connectivity index (χ3n) is 4.17. The molecule has 0 radical (unpaired) electrons. The Kier molecular flexibility index (Phi) is 5.09. The van der Waals surface area contributed by atoms with Gasteiger partial charge in [-0.15, -0.1) is 0 Å². The van der Waals surface area contributed by atoms with E-state index in [2.05, 4.69) is 5.32 Å². The lowest BCUT2D eigenvalue weighted by Gasteiger charge is -2.28. The van der Waals surface area contributed by atoms with Crippen LogP contribution in [0.3, 0.4) is 0 Å². The van der Waals surface area contributed by atoms with Gasteiger partial charge in [0.25, 0.3) is 5.69 Å². The van der Waals surface area contributed by atoms with Crippen LogP contribution in [-0.4, -0.2) is 22.7 Å². The first-order valence-electron chi connectivity index (χ1n) is 7.18. The Labute approximate surface area is 119 Å². The van der Waals surface area contributed by atoms with Crippen molar-refractivity contribution in [1.29, 1.82) is 0 Å². The van der Waals surface area contributed by atoms with E-state index in [4.69, 9.17) is 5.11 Å². The Bertz CT molecular complexity index is 468. The maximum Gasteiger partial charge on any atom is 0.272 e. The molecule has 110 valence electrons. The van der Waals surface area contributed by atoms with Gasteiger partial charge in [0.2, 0.25) is 0 Å². The molecule has 1 saturated carbocycles. The molecule has 0 aromatic heterocycles. The summed E-state index contributed by atoms with van der Waals surface area (Å²) in [6.45, 7) is 2.71.